The molecule has 0 atom stereocenters. The first kappa shape index (κ1) is 21.0. The number of ether oxygens (including phenoxy) is 2. The van der Waals surface area contributed by atoms with Gasteiger partial charge in [-0.1, -0.05) is 35.5 Å². The highest BCUT2D eigenvalue weighted by atomic mass is 32.2. The normalized spacial score (nSPS) is 11.6. The van der Waals surface area contributed by atoms with E-state index < -0.39 is 5.51 Å². The summed E-state index contributed by atoms with van der Waals surface area (Å²) < 4.78 is 51.6. The van der Waals surface area contributed by atoms with E-state index in [2.05, 4.69) is 10.3 Å². The summed E-state index contributed by atoms with van der Waals surface area (Å²) in [6.07, 6.45) is 0. The van der Waals surface area contributed by atoms with Gasteiger partial charge in [-0.3, -0.25) is 0 Å². The molecule has 0 bridgehead atoms. The first-order chi connectivity index (χ1) is 14.9. The molecule has 31 heavy (non-hydrogen) atoms. The SMILES string of the molecule is COc1ccc(Cn2nnc(-c3ccc4cc(OC)ccc4c3)c2SC(F)(F)F)cc1. The van der Waals surface area contributed by atoms with E-state index in [-0.39, 0.29) is 29.0 Å². The van der Waals surface area contributed by atoms with Crippen LogP contribution in [0.2, 0.25) is 0 Å². The molecule has 0 aliphatic rings. The van der Waals surface area contributed by atoms with Gasteiger partial charge in [-0.05, 0) is 46.7 Å². The third-order valence-corrected chi connectivity index (χ3v) is 5.54. The number of hydrogen-bond donors (Lipinski definition) is 0. The fourth-order valence-electron chi connectivity index (χ4n) is 3.20. The molecule has 9 heteroatoms. The Bertz CT molecular complexity index is 1210. The van der Waals surface area contributed by atoms with E-state index in [0.717, 1.165) is 16.3 Å². The number of alkyl halides is 3. The molecule has 0 saturated heterocycles. The average Bonchev–Trinajstić information content (AvgIpc) is 3.14. The monoisotopic (exact) mass is 445 g/mol. The molecule has 0 aliphatic heterocycles. The summed E-state index contributed by atoms with van der Waals surface area (Å²) >= 11 is -0.213. The first-order valence-electron chi connectivity index (χ1n) is 9.26. The zero-order chi connectivity index (χ0) is 22.0. The summed E-state index contributed by atoms with van der Waals surface area (Å²) in [6.45, 7) is 0.153. The highest BCUT2D eigenvalue weighted by molar-refractivity contribution is 8.00. The van der Waals surface area contributed by atoms with Crippen molar-refractivity contribution >= 4 is 22.5 Å². The third kappa shape index (κ3) is 4.77. The van der Waals surface area contributed by atoms with Gasteiger partial charge in [0.05, 0.1) is 20.8 Å². The maximum absolute atomic E-state index is 13.3. The number of thioether (sulfide) groups is 1. The van der Waals surface area contributed by atoms with E-state index >= 15 is 0 Å². The van der Waals surface area contributed by atoms with Gasteiger partial charge in [-0.25, -0.2) is 4.68 Å². The molecule has 4 rings (SSSR count). The fraction of sp³-hybridized carbons (Fsp3) is 0.182. The molecule has 3 aromatic carbocycles. The van der Waals surface area contributed by atoms with Crippen LogP contribution in [0.25, 0.3) is 22.0 Å². The molecule has 1 heterocycles. The molecule has 0 amide bonds. The Labute approximate surface area is 180 Å². The summed E-state index contributed by atoms with van der Waals surface area (Å²) in [7, 11) is 3.13. The molecule has 0 unspecified atom stereocenters. The Morgan fingerprint density at radius 2 is 1.52 bits per heavy atom. The number of fused-ring (bicyclic) bond motifs is 1. The van der Waals surface area contributed by atoms with Gasteiger partial charge in [0.15, 0.2) is 0 Å². The maximum Gasteiger partial charge on any atom is 0.447 e. The molecule has 0 N–H and O–H groups in total. The lowest BCUT2D eigenvalue weighted by molar-refractivity contribution is -0.0330. The van der Waals surface area contributed by atoms with Crippen LogP contribution in [0.1, 0.15) is 5.56 Å². The Morgan fingerprint density at radius 3 is 2.19 bits per heavy atom. The van der Waals surface area contributed by atoms with E-state index in [9.17, 15) is 13.2 Å². The second-order valence-electron chi connectivity index (χ2n) is 6.72. The summed E-state index contributed by atoms with van der Waals surface area (Å²) in [4.78, 5) is 0. The van der Waals surface area contributed by atoms with Crippen molar-refractivity contribution in [1.82, 2.24) is 15.0 Å². The molecule has 1 aromatic heterocycles. The van der Waals surface area contributed by atoms with Gasteiger partial charge in [-0.2, -0.15) is 13.2 Å². The molecular formula is C22H18F3N3O2S. The summed E-state index contributed by atoms with van der Waals surface area (Å²) in [5.41, 5.74) is -2.94. The smallest absolute Gasteiger partial charge is 0.447 e. The van der Waals surface area contributed by atoms with Gasteiger partial charge in [0.1, 0.15) is 22.2 Å². The Hall–Kier alpha value is -3.20. The van der Waals surface area contributed by atoms with Crippen molar-refractivity contribution in [3.63, 3.8) is 0 Å². The second-order valence-corrected chi connectivity index (χ2v) is 7.78. The van der Waals surface area contributed by atoms with Gasteiger partial charge in [0.2, 0.25) is 0 Å². The predicted octanol–water partition coefficient (Wildman–Crippen LogP) is 5.78. The number of hydrogen-bond acceptors (Lipinski definition) is 5. The Kier molecular flexibility index (Phi) is 5.77. The Balaban J connectivity index is 1.73. The topological polar surface area (TPSA) is 49.2 Å². The van der Waals surface area contributed by atoms with Crippen molar-refractivity contribution in [3.05, 3.63) is 66.2 Å². The molecule has 5 nitrogen and oxygen atoms in total. The van der Waals surface area contributed by atoms with Crippen LogP contribution in [-0.2, 0) is 6.54 Å². The van der Waals surface area contributed by atoms with Gasteiger partial charge in [-0.15, -0.1) is 5.10 Å². The quantitative estimate of drug-likeness (QED) is 0.353. The molecule has 0 aliphatic carbocycles. The van der Waals surface area contributed by atoms with Crippen LogP contribution in [-0.4, -0.2) is 34.7 Å². The minimum absolute atomic E-state index is 0.0591. The number of rotatable bonds is 6. The highest BCUT2D eigenvalue weighted by Gasteiger charge is 2.34. The van der Waals surface area contributed by atoms with Gasteiger partial charge in [0.25, 0.3) is 0 Å². The third-order valence-electron chi connectivity index (χ3n) is 4.71. The van der Waals surface area contributed by atoms with Gasteiger partial charge >= 0.3 is 5.51 Å². The van der Waals surface area contributed by atoms with E-state index in [0.29, 0.717) is 17.1 Å². The lowest BCUT2D eigenvalue weighted by atomic mass is 10.1. The van der Waals surface area contributed by atoms with Crippen molar-refractivity contribution in [2.24, 2.45) is 0 Å². The predicted molar refractivity (Wildman–Crippen MR) is 114 cm³/mol. The minimum Gasteiger partial charge on any atom is -0.497 e. The molecule has 0 fully saturated rings. The number of aromatic nitrogens is 3. The lowest BCUT2D eigenvalue weighted by Gasteiger charge is -2.11. The second kappa shape index (κ2) is 8.50. The molecular weight excluding hydrogens is 427 g/mol. The lowest BCUT2D eigenvalue weighted by Crippen LogP contribution is -2.08. The fourth-order valence-corrected chi connectivity index (χ4v) is 3.88. The number of methoxy groups -OCH3 is 2. The van der Waals surface area contributed by atoms with E-state index in [1.165, 1.54) is 4.68 Å². The van der Waals surface area contributed by atoms with Crippen molar-refractivity contribution in [3.8, 4) is 22.8 Å². The summed E-state index contributed by atoms with van der Waals surface area (Å²) in [6, 6.07) is 18.0. The number of nitrogens with zero attached hydrogens (tertiary/aromatic N) is 3. The average molecular weight is 445 g/mol. The van der Waals surface area contributed by atoms with Gasteiger partial charge < -0.3 is 9.47 Å². The zero-order valence-corrected chi connectivity index (χ0v) is 17.5. The largest absolute Gasteiger partial charge is 0.497 e. The van der Waals surface area contributed by atoms with Crippen LogP contribution in [0.15, 0.2) is 65.7 Å². The van der Waals surface area contributed by atoms with Crippen molar-refractivity contribution in [2.75, 3.05) is 14.2 Å². The van der Waals surface area contributed by atoms with Crippen LogP contribution < -0.4 is 9.47 Å². The van der Waals surface area contributed by atoms with E-state index in [1.54, 1.807) is 56.7 Å². The Morgan fingerprint density at radius 1 is 0.871 bits per heavy atom. The summed E-state index contributed by atoms with van der Waals surface area (Å²) in [5.74, 6) is 1.37. The van der Waals surface area contributed by atoms with E-state index in [1.807, 2.05) is 18.2 Å². The summed E-state index contributed by atoms with van der Waals surface area (Å²) in [5, 5.41) is 9.82. The first-order valence-corrected chi connectivity index (χ1v) is 10.1. The van der Waals surface area contributed by atoms with Gasteiger partial charge in [0, 0.05) is 17.3 Å². The van der Waals surface area contributed by atoms with Crippen molar-refractivity contribution < 1.29 is 22.6 Å². The van der Waals surface area contributed by atoms with E-state index in [4.69, 9.17) is 9.47 Å². The maximum atomic E-state index is 13.3. The molecule has 4 aromatic rings. The van der Waals surface area contributed by atoms with Crippen LogP contribution in [0.5, 0.6) is 11.5 Å². The van der Waals surface area contributed by atoms with Crippen molar-refractivity contribution in [1.29, 1.82) is 0 Å². The number of benzene rings is 3. The minimum atomic E-state index is -4.47. The molecule has 160 valence electrons. The van der Waals surface area contributed by atoms with Crippen LogP contribution >= 0.6 is 11.8 Å². The standard InChI is InChI=1S/C22H18F3N3O2S/c1-29-18-8-3-14(4-9-18)13-28-21(31-22(23,24)25)20(26-27-28)17-6-5-16-12-19(30-2)10-7-15(16)11-17/h3-12H,13H2,1-2H3. The number of halogens is 3. The molecule has 0 spiro atoms. The molecule has 0 saturated carbocycles. The molecule has 0 radical (unpaired) electrons. The van der Waals surface area contributed by atoms with Crippen LogP contribution in [0.3, 0.4) is 0 Å². The van der Waals surface area contributed by atoms with Crippen molar-refractivity contribution in [2.45, 2.75) is 17.1 Å². The van der Waals surface area contributed by atoms with Crippen LogP contribution in [0, 0.1) is 0 Å². The zero-order valence-electron chi connectivity index (χ0n) is 16.7. The highest BCUT2D eigenvalue weighted by Crippen LogP contribution is 2.41. The van der Waals surface area contributed by atoms with Crippen LogP contribution in [0.4, 0.5) is 13.2 Å².